The Morgan fingerprint density at radius 1 is 1.09 bits per heavy atom. The summed E-state index contributed by atoms with van der Waals surface area (Å²) in [6.07, 6.45) is 3.92. The van der Waals surface area contributed by atoms with E-state index in [0.29, 0.717) is 6.42 Å². The number of piperazine rings is 1. The second-order valence-electron chi connectivity index (χ2n) is 8.15. The minimum atomic E-state index is -0.414. The van der Waals surface area contributed by atoms with Crippen molar-refractivity contribution in [2.75, 3.05) is 38.5 Å². The lowest BCUT2D eigenvalue weighted by molar-refractivity contribution is -0.109. The van der Waals surface area contributed by atoms with Gasteiger partial charge < -0.3 is 9.69 Å². The number of fused-ring (bicyclic) bond motifs is 1. The molecule has 0 spiro atoms. The molecule has 0 saturated carbocycles. The van der Waals surface area contributed by atoms with Gasteiger partial charge in [-0.2, -0.15) is 5.10 Å². The summed E-state index contributed by atoms with van der Waals surface area (Å²) in [4.78, 5) is 26.5. The molecule has 0 bridgehead atoms. The largest absolute Gasteiger partial charge is 0.336 e. The normalized spacial score (nSPS) is 18.7. The first kappa shape index (κ1) is 22.6. The van der Waals surface area contributed by atoms with E-state index in [1.54, 1.807) is 0 Å². The van der Waals surface area contributed by atoms with Crippen LogP contribution >= 0.6 is 8.07 Å². The van der Waals surface area contributed by atoms with Gasteiger partial charge in [0.1, 0.15) is 12.3 Å². The topological polar surface area (TPSA) is 65.0 Å². The van der Waals surface area contributed by atoms with E-state index >= 15 is 0 Å². The lowest BCUT2D eigenvalue weighted by Crippen LogP contribution is -2.47. The fraction of sp³-hybridized carbons (Fsp3) is 0.400. The van der Waals surface area contributed by atoms with E-state index in [2.05, 4.69) is 29.0 Å². The number of aldehydes is 1. The van der Waals surface area contributed by atoms with Gasteiger partial charge in [-0.15, -0.1) is 0 Å². The molecule has 2 heterocycles. The standard InChI is InChI=1S/C25H31N4O2P/c1-3-32(4-2)29-14-12-28(13-15-29)25(31)20-9-7-8-19(16-20)17-23-21-10-5-6-11-22(21)24(18-30)27-26-23/h5-11,16,18,24,27H,3-4,12-15,17H2,1-2H3. The summed E-state index contributed by atoms with van der Waals surface area (Å²) in [5, 5.41) is 4.46. The number of carbonyl (C=O) groups is 2. The summed E-state index contributed by atoms with van der Waals surface area (Å²) < 4.78 is 2.58. The maximum atomic E-state index is 13.2. The quantitative estimate of drug-likeness (QED) is 0.516. The molecule has 2 aliphatic heterocycles. The van der Waals surface area contributed by atoms with E-state index in [9.17, 15) is 9.59 Å². The Balaban J connectivity index is 1.45. The predicted octanol–water partition coefficient (Wildman–Crippen LogP) is 3.67. The van der Waals surface area contributed by atoms with Crippen molar-refractivity contribution >= 4 is 26.0 Å². The molecule has 2 aromatic carbocycles. The molecule has 4 rings (SSSR count). The monoisotopic (exact) mass is 450 g/mol. The Bertz CT molecular complexity index is 997. The van der Waals surface area contributed by atoms with Crippen LogP contribution in [0.25, 0.3) is 0 Å². The number of benzene rings is 2. The minimum Gasteiger partial charge on any atom is -0.336 e. The molecular formula is C25H31N4O2P. The number of hydrazone groups is 1. The van der Waals surface area contributed by atoms with Crippen LogP contribution in [0, 0.1) is 0 Å². The first-order chi connectivity index (χ1) is 15.6. The van der Waals surface area contributed by atoms with Crippen molar-refractivity contribution in [1.29, 1.82) is 0 Å². The van der Waals surface area contributed by atoms with Crippen LogP contribution < -0.4 is 5.43 Å². The van der Waals surface area contributed by atoms with Gasteiger partial charge in [0, 0.05) is 43.7 Å². The Hall–Kier alpha value is -2.56. The Morgan fingerprint density at radius 2 is 1.84 bits per heavy atom. The molecule has 2 aliphatic rings. The number of hydrogen-bond donors (Lipinski definition) is 1. The van der Waals surface area contributed by atoms with Crippen LogP contribution in [0.3, 0.4) is 0 Å². The van der Waals surface area contributed by atoms with Gasteiger partial charge >= 0.3 is 0 Å². The van der Waals surface area contributed by atoms with Gasteiger partial charge in [0.25, 0.3) is 5.91 Å². The minimum absolute atomic E-state index is 0.0537. The van der Waals surface area contributed by atoms with Crippen LogP contribution in [0.15, 0.2) is 53.6 Å². The van der Waals surface area contributed by atoms with Crippen molar-refractivity contribution in [2.45, 2.75) is 26.3 Å². The number of hydrogen-bond acceptors (Lipinski definition) is 5. The average Bonchev–Trinajstić information content (AvgIpc) is 2.85. The number of rotatable bonds is 7. The molecule has 6 nitrogen and oxygen atoms in total. The summed E-state index contributed by atoms with van der Waals surface area (Å²) in [5.74, 6) is 0.106. The van der Waals surface area contributed by atoms with Crippen LogP contribution in [0.1, 0.15) is 46.9 Å². The fourth-order valence-electron chi connectivity index (χ4n) is 4.54. The van der Waals surface area contributed by atoms with Gasteiger partial charge in [0.2, 0.25) is 0 Å². The van der Waals surface area contributed by atoms with Crippen LogP contribution in [0.4, 0.5) is 0 Å². The summed E-state index contributed by atoms with van der Waals surface area (Å²) in [6, 6.07) is 15.3. The lowest BCUT2D eigenvalue weighted by Gasteiger charge is -2.38. The molecule has 168 valence electrons. The molecule has 2 aromatic rings. The van der Waals surface area contributed by atoms with Gasteiger partial charge in [-0.1, -0.05) is 50.2 Å². The van der Waals surface area contributed by atoms with Crippen molar-refractivity contribution in [1.82, 2.24) is 15.0 Å². The highest BCUT2D eigenvalue weighted by Crippen LogP contribution is 2.39. The molecule has 1 unspecified atom stereocenters. The molecule has 1 fully saturated rings. The van der Waals surface area contributed by atoms with E-state index in [1.807, 2.05) is 53.4 Å². The van der Waals surface area contributed by atoms with Crippen LogP contribution in [-0.4, -0.2) is 66.0 Å². The molecular weight excluding hydrogens is 419 g/mol. The lowest BCUT2D eigenvalue weighted by atomic mass is 9.93. The third-order valence-corrected chi connectivity index (χ3v) is 8.96. The summed E-state index contributed by atoms with van der Waals surface area (Å²) in [7, 11) is -0.0537. The van der Waals surface area contributed by atoms with Crippen LogP contribution in [-0.2, 0) is 11.2 Å². The Morgan fingerprint density at radius 3 is 2.56 bits per heavy atom. The zero-order valence-corrected chi connectivity index (χ0v) is 19.7. The van der Waals surface area contributed by atoms with E-state index < -0.39 is 6.04 Å². The van der Waals surface area contributed by atoms with Crippen molar-refractivity contribution in [3.63, 3.8) is 0 Å². The van der Waals surface area contributed by atoms with E-state index in [1.165, 1.54) is 12.3 Å². The highest BCUT2D eigenvalue weighted by Gasteiger charge is 2.26. The van der Waals surface area contributed by atoms with E-state index in [0.717, 1.165) is 60.4 Å². The van der Waals surface area contributed by atoms with Crippen LogP contribution in [0.2, 0.25) is 0 Å². The van der Waals surface area contributed by atoms with Gasteiger partial charge in [0.15, 0.2) is 0 Å². The highest BCUT2D eigenvalue weighted by molar-refractivity contribution is 7.55. The third kappa shape index (κ3) is 4.77. The molecule has 1 N–H and O–H groups in total. The second-order valence-corrected chi connectivity index (χ2v) is 11.0. The molecule has 1 atom stereocenters. The number of nitrogens with zero attached hydrogens (tertiary/aromatic N) is 3. The second kappa shape index (κ2) is 10.4. The van der Waals surface area contributed by atoms with Crippen molar-refractivity contribution in [2.24, 2.45) is 5.10 Å². The van der Waals surface area contributed by atoms with Crippen molar-refractivity contribution < 1.29 is 9.59 Å². The molecule has 7 heteroatoms. The molecule has 1 amide bonds. The number of carbonyl (C=O) groups excluding carboxylic acids is 2. The van der Waals surface area contributed by atoms with Gasteiger partial charge in [0.05, 0.1) is 5.71 Å². The number of nitrogens with one attached hydrogen (secondary N) is 1. The highest BCUT2D eigenvalue weighted by atomic mass is 31.1. The predicted molar refractivity (Wildman–Crippen MR) is 131 cm³/mol. The van der Waals surface area contributed by atoms with E-state index in [-0.39, 0.29) is 14.0 Å². The molecule has 32 heavy (non-hydrogen) atoms. The van der Waals surface area contributed by atoms with E-state index in [4.69, 9.17) is 0 Å². The third-order valence-electron chi connectivity index (χ3n) is 6.30. The first-order valence-electron chi connectivity index (χ1n) is 11.4. The number of amides is 1. The Labute approximate surface area is 191 Å². The summed E-state index contributed by atoms with van der Waals surface area (Å²) in [6.45, 7) is 8.05. The zero-order valence-electron chi connectivity index (χ0n) is 18.8. The van der Waals surface area contributed by atoms with Gasteiger partial charge in [-0.05, 0) is 43.7 Å². The smallest absolute Gasteiger partial charge is 0.253 e. The SMILES string of the molecule is CCP(CC)N1CCN(C(=O)c2cccc(CC3=NNC(C=O)c4ccccc43)c2)CC1. The molecule has 0 aromatic heterocycles. The Kier molecular flexibility index (Phi) is 7.33. The van der Waals surface area contributed by atoms with Gasteiger partial charge in [-0.3, -0.25) is 14.9 Å². The first-order valence-corrected chi connectivity index (χ1v) is 13.1. The average molecular weight is 451 g/mol. The summed E-state index contributed by atoms with van der Waals surface area (Å²) in [5.41, 5.74) is 7.52. The molecule has 0 aliphatic carbocycles. The zero-order chi connectivity index (χ0) is 22.5. The van der Waals surface area contributed by atoms with Crippen LogP contribution in [0.5, 0.6) is 0 Å². The summed E-state index contributed by atoms with van der Waals surface area (Å²) >= 11 is 0. The van der Waals surface area contributed by atoms with Gasteiger partial charge in [-0.25, -0.2) is 0 Å². The van der Waals surface area contributed by atoms with Crippen molar-refractivity contribution in [3.8, 4) is 0 Å². The molecule has 0 radical (unpaired) electrons. The fourth-order valence-corrected chi connectivity index (χ4v) is 6.53. The van der Waals surface area contributed by atoms with Crippen molar-refractivity contribution in [3.05, 3.63) is 70.8 Å². The maximum absolute atomic E-state index is 13.2. The maximum Gasteiger partial charge on any atom is 0.253 e. The molecule has 1 saturated heterocycles.